The van der Waals surface area contributed by atoms with Crippen LogP contribution in [0.5, 0.6) is 0 Å². The lowest BCUT2D eigenvalue weighted by Gasteiger charge is -2.10. The maximum atomic E-state index is 13.2. The molecule has 2 aromatic carbocycles. The van der Waals surface area contributed by atoms with Gasteiger partial charge >= 0.3 is 11.9 Å². The van der Waals surface area contributed by atoms with E-state index in [9.17, 15) is 27.5 Å². The smallest absolute Gasteiger partial charge is 0.336 e. The number of benzene rings is 2. The first-order chi connectivity index (χ1) is 11.1. The van der Waals surface area contributed by atoms with Gasteiger partial charge in [-0.3, -0.25) is 0 Å². The van der Waals surface area contributed by atoms with E-state index in [1.165, 1.54) is 18.2 Å². The van der Waals surface area contributed by atoms with Gasteiger partial charge in [0.2, 0.25) is 0 Å². The monoisotopic (exact) mass is 370 g/mol. The largest absolute Gasteiger partial charge is 0.478 e. The van der Waals surface area contributed by atoms with Crippen LogP contribution in [0.15, 0.2) is 51.1 Å². The molecule has 0 radical (unpaired) electrons. The van der Waals surface area contributed by atoms with Gasteiger partial charge in [0, 0.05) is 16.0 Å². The van der Waals surface area contributed by atoms with Gasteiger partial charge < -0.3 is 10.2 Å². The van der Waals surface area contributed by atoms with Gasteiger partial charge in [0.05, 0.1) is 16.0 Å². The van der Waals surface area contributed by atoms with Gasteiger partial charge in [-0.05, 0) is 36.4 Å². The number of sulfone groups is 1. The third-order valence-corrected chi connectivity index (χ3v) is 5.26. The zero-order valence-electron chi connectivity index (χ0n) is 12.2. The van der Waals surface area contributed by atoms with Crippen molar-refractivity contribution >= 4 is 33.5 Å². The van der Waals surface area contributed by atoms with Crippen molar-refractivity contribution in [2.45, 2.75) is 14.7 Å². The maximum Gasteiger partial charge on any atom is 0.336 e. The molecule has 0 saturated heterocycles. The van der Waals surface area contributed by atoms with Crippen LogP contribution >= 0.6 is 11.8 Å². The van der Waals surface area contributed by atoms with Crippen LogP contribution in [0.2, 0.25) is 0 Å². The van der Waals surface area contributed by atoms with Gasteiger partial charge in [0.15, 0.2) is 9.84 Å². The highest BCUT2D eigenvalue weighted by molar-refractivity contribution is 7.99. The van der Waals surface area contributed by atoms with Crippen LogP contribution in [0.3, 0.4) is 0 Å². The molecule has 0 atom stereocenters. The molecule has 6 nitrogen and oxygen atoms in total. The fourth-order valence-electron chi connectivity index (χ4n) is 1.87. The molecule has 2 N–H and O–H groups in total. The number of carbonyl (C=O) groups is 2. The summed E-state index contributed by atoms with van der Waals surface area (Å²) in [5, 5.41) is 18.4. The van der Waals surface area contributed by atoms with E-state index < -0.39 is 27.6 Å². The summed E-state index contributed by atoms with van der Waals surface area (Å²) in [6.45, 7) is 0. The van der Waals surface area contributed by atoms with Gasteiger partial charge in [-0.25, -0.2) is 22.4 Å². The van der Waals surface area contributed by atoms with E-state index in [2.05, 4.69) is 0 Å². The average Bonchev–Trinajstić information content (AvgIpc) is 2.47. The molecule has 24 heavy (non-hydrogen) atoms. The van der Waals surface area contributed by atoms with E-state index in [4.69, 9.17) is 5.11 Å². The predicted molar refractivity (Wildman–Crippen MR) is 84.0 cm³/mol. The van der Waals surface area contributed by atoms with Crippen molar-refractivity contribution in [3.63, 3.8) is 0 Å². The lowest BCUT2D eigenvalue weighted by Crippen LogP contribution is -2.04. The minimum absolute atomic E-state index is 0.138. The van der Waals surface area contributed by atoms with Gasteiger partial charge in [0.1, 0.15) is 5.82 Å². The molecular formula is C15H11FO6S2. The zero-order valence-corrected chi connectivity index (χ0v) is 13.8. The standard InChI is InChI=1S/C15H11FO6S2/c1-24(21,22)9-3-5-13(11(7-9)15(19)20)23-12-4-2-8(16)6-10(12)14(17)18/h2-7H,1H3,(H,17,18)(H,19,20). The van der Waals surface area contributed by atoms with Crippen molar-refractivity contribution in [2.24, 2.45) is 0 Å². The van der Waals surface area contributed by atoms with Gasteiger partial charge in [-0.1, -0.05) is 11.8 Å². The predicted octanol–water partition coefficient (Wildman–Crippen LogP) is 2.78. The summed E-state index contributed by atoms with van der Waals surface area (Å²) in [6.07, 6.45) is 0.948. The lowest BCUT2D eigenvalue weighted by molar-refractivity contribution is 0.0683. The van der Waals surface area contributed by atoms with Gasteiger partial charge in [-0.2, -0.15) is 0 Å². The maximum absolute atomic E-state index is 13.2. The van der Waals surface area contributed by atoms with Crippen molar-refractivity contribution < 1.29 is 32.6 Å². The number of carboxylic acids is 2. The van der Waals surface area contributed by atoms with Crippen LogP contribution in [-0.4, -0.2) is 36.8 Å². The minimum atomic E-state index is -3.59. The molecule has 0 heterocycles. The second-order valence-electron chi connectivity index (χ2n) is 4.78. The van der Waals surface area contributed by atoms with E-state index >= 15 is 0 Å². The molecule has 0 aliphatic carbocycles. The Kier molecular flexibility index (Phi) is 4.95. The number of hydrogen-bond acceptors (Lipinski definition) is 5. The summed E-state index contributed by atoms with van der Waals surface area (Å²) in [4.78, 5) is 22.7. The van der Waals surface area contributed by atoms with E-state index in [1.807, 2.05) is 0 Å². The SMILES string of the molecule is CS(=O)(=O)c1ccc(Sc2ccc(F)cc2C(=O)O)c(C(=O)O)c1. The summed E-state index contributed by atoms with van der Waals surface area (Å²) < 4.78 is 36.3. The average molecular weight is 370 g/mol. The number of halogens is 1. The summed E-state index contributed by atoms with van der Waals surface area (Å²) in [6, 6.07) is 6.62. The van der Waals surface area contributed by atoms with Crippen molar-refractivity contribution in [3.05, 3.63) is 53.3 Å². The molecule has 0 bridgehead atoms. The van der Waals surface area contributed by atoms with Crippen molar-refractivity contribution in [1.82, 2.24) is 0 Å². The van der Waals surface area contributed by atoms with Crippen molar-refractivity contribution in [3.8, 4) is 0 Å². The van der Waals surface area contributed by atoms with E-state index in [0.29, 0.717) is 0 Å². The van der Waals surface area contributed by atoms with Crippen LogP contribution in [-0.2, 0) is 9.84 Å². The normalized spacial score (nSPS) is 11.2. The Bertz CT molecular complexity index is 937. The zero-order chi connectivity index (χ0) is 18.1. The third kappa shape index (κ3) is 3.92. The van der Waals surface area contributed by atoms with Crippen molar-refractivity contribution in [2.75, 3.05) is 6.26 Å². The fourth-order valence-corrected chi connectivity index (χ4v) is 3.54. The fraction of sp³-hybridized carbons (Fsp3) is 0.0667. The summed E-state index contributed by atoms with van der Waals surface area (Å²) in [7, 11) is -3.59. The Morgan fingerprint density at radius 2 is 1.46 bits per heavy atom. The molecule has 126 valence electrons. The molecule has 0 aromatic heterocycles. The first kappa shape index (κ1) is 18.0. The van der Waals surface area contributed by atoms with Crippen LogP contribution in [0.1, 0.15) is 20.7 Å². The number of rotatable bonds is 5. The summed E-state index contributed by atoms with van der Waals surface area (Å²) in [5.41, 5.74) is -0.605. The molecule has 0 fully saturated rings. The van der Waals surface area contributed by atoms with Crippen LogP contribution in [0.4, 0.5) is 4.39 Å². The molecule has 0 amide bonds. The minimum Gasteiger partial charge on any atom is -0.478 e. The highest BCUT2D eigenvalue weighted by Gasteiger charge is 2.19. The van der Waals surface area contributed by atoms with Gasteiger partial charge in [-0.15, -0.1) is 0 Å². The first-order valence-corrected chi connectivity index (χ1v) is 9.08. The Labute approximate surface area is 140 Å². The first-order valence-electron chi connectivity index (χ1n) is 6.37. The number of carboxylic acid groups (broad SMARTS) is 2. The highest BCUT2D eigenvalue weighted by Crippen LogP contribution is 2.34. The molecule has 9 heteroatoms. The molecule has 2 aromatic rings. The highest BCUT2D eigenvalue weighted by atomic mass is 32.2. The molecule has 0 aliphatic heterocycles. The Hall–Kier alpha value is -2.39. The number of hydrogen-bond donors (Lipinski definition) is 2. The van der Waals surface area contributed by atoms with E-state index in [1.54, 1.807) is 0 Å². The molecule has 0 aliphatic rings. The van der Waals surface area contributed by atoms with Crippen molar-refractivity contribution in [1.29, 1.82) is 0 Å². The van der Waals surface area contributed by atoms with Crippen LogP contribution in [0, 0.1) is 5.82 Å². The van der Waals surface area contributed by atoms with E-state index in [0.717, 1.165) is 36.2 Å². The number of aromatic carboxylic acids is 2. The lowest BCUT2D eigenvalue weighted by atomic mass is 10.2. The van der Waals surface area contributed by atoms with Crippen LogP contribution in [0.25, 0.3) is 0 Å². The molecular weight excluding hydrogens is 359 g/mol. The second kappa shape index (κ2) is 6.62. The Balaban J connectivity index is 2.55. The Morgan fingerprint density at radius 3 is 1.96 bits per heavy atom. The Morgan fingerprint density at radius 1 is 0.958 bits per heavy atom. The topological polar surface area (TPSA) is 109 Å². The van der Waals surface area contributed by atoms with E-state index in [-0.39, 0.29) is 25.8 Å². The quantitative estimate of drug-likeness (QED) is 0.833. The van der Waals surface area contributed by atoms with Crippen LogP contribution < -0.4 is 0 Å². The molecule has 0 saturated carbocycles. The third-order valence-electron chi connectivity index (χ3n) is 3.00. The summed E-state index contributed by atoms with van der Waals surface area (Å²) >= 11 is 0.802. The van der Waals surface area contributed by atoms with Gasteiger partial charge in [0.25, 0.3) is 0 Å². The molecule has 0 spiro atoms. The summed E-state index contributed by atoms with van der Waals surface area (Å²) in [5.74, 6) is -3.45. The second-order valence-corrected chi connectivity index (χ2v) is 7.88. The molecule has 0 unspecified atom stereocenters. The molecule has 2 rings (SSSR count).